The number of benzene rings is 3. The molecule has 2 heteroatoms. The summed E-state index contributed by atoms with van der Waals surface area (Å²) in [5.41, 5.74) is 4.54. The van der Waals surface area contributed by atoms with Gasteiger partial charge in [-0.2, -0.15) is 0 Å². The largest absolute Gasteiger partial charge is 1.00 e. The molecule has 0 aliphatic rings. The van der Waals surface area contributed by atoms with Crippen molar-refractivity contribution in [2.75, 3.05) is 0 Å². The lowest BCUT2D eigenvalue weighted by atomic mass is 9.87. The van der Waals surface area contributed by atoms with Crippen molar-refractivity contribution < 1.29 is 12.4 Å². The molecule has 0 atom stereocenters. The first-order valence-corrected chi connectivity index (χ1v) is 12.6. The van der Waals surface area contributed by atoms with Crippen LogP contribution in [0, 0.1) is 0 Å². The molecule has 0 amide bonds. The minimum Gasteiger partial charge on any atom is -1.00 e. The highest BCUT2D eigenvalue weighted by Gasteiger charge is 2.40. The van der Waals surface area contributed by atoms with Crippen LogP contribution >= 0.6 is 0 Å². The smallest absolute Gasteiger partial charge is 0.170 e. The Balaban J connectivity index is 0.00000363. The lowest BCUT2D eigenvalue weighted by Crippen LogP contribution is -3.00. The van der Waals surface area contributed by atoms with E-state index >= 15 is 0 Å². The van der Waals surface area contributed by atoms with Crippen LogP contribution in [0.25, 0.3) is 0 Å². The molecule has 0 aliphatic carbocycles. The first-order valence-electron chi connectivity index (χ1n) is 11.3. The van der Waals surface area contributed by atoms with Crippen molar-refractivity contribution in [1.29, 1.82) is 0 Å². The lowest BCUT2D eigenvalue weighted by Gasteiger charge is -2.28. The van der Waals surface area contributed by atoms with Crippen molar-refractivity contribution in [3.63, 3.8) is 0 Å². The molecular weight excluding hydrogens is 428 g/mol. The highest BCUT2D eigenvalue weighted by atomic mass is 35.5. The summed E-state index contributed by atoms with van der Waals surface area (Å²) in [5, 5.41) is 0. The van der Waals surface area contributed by atoms with E-state index in [4.69, 9.17) is 0 Å². The van der Waals surface area contributed by atoms with E-state index in [0.717, 1.165) is 0 Å². The van der Waals surface area contributed by atoms with Crippen LogP contribution < -0.4 is 12.4 Å². The second kappa shape index (κ2) is 9.65. The van der Waals surface area contributed by atoms with Crippen LogP contribution in [-0.4, -0.2) is 0 Å². The van der Waals surface area contributed by atoms with Crippen LogP contribution in [-0.2, 0) is 27.1 Å². The molecular formula is C30H39ClS. The quantitative estimate of drug-likeness (QED) is 0.435. The summed E-state index contributed by atoms with van der Waals surface area (Å²) >= 11 is 0. The van der Waals surface area contributed by atoms with Crippen LogP contribution in [0.15, 0.2) is 87.5 Å². The van der Waals surface area contributed by atoms with Crippen molar-refractivity contribution in [1.82, 2.24) is 0 Å². The SMILES string of the molecule is CC(C)(C)c1ccccc1[S+](c1ccccc1C(C)(C)C)c1ccccc1C(C)(C)C.[Cl-]. The number of hydrogen-bond donors (Lipinski definition) is 0. The second-order valence-corrected chi connectivity index (χ2v) is 13.5. The van der Waals surface area contributed by atoms with Crippen molar-refractivity contribution in [3.05, 3.63) is 89.5 Å². The van der Waals surface area contributed by atoms with Crippen LogP contribution in [0.5, 0.6) is 0 Å². The van der Waals surface area contributed by atoms with Gasteiger partial charge in [-0.05, 0) is 34.4 Å². The minimum absolute atomic E-state index is 0. The predicted octanol–water partition coefficient (Wildman–Crippen LogP) is 5.68. The maximum atomic E-state index is 2.36. The molecule has 3 aromatic rings. The molecule has 0 spiro atoms. The summed E-state index contributed by atoms with van der Waals surface area (Å²) in [6.07, 6.45) is 0. The van der Waals surface area contributed by atoms with Crippen LogP contribution in [0.1, 0.15) is 79.0 Å². The van der Waals surface area contributed by atoms with Crippen molar-refractivity contribution >= 4 is 10.9 Å². The lowest BCUT2D eigenvalue weighted by molar-refractivity contribution is -0.00000766. The van der Waals surface area contributed by atoms with Gasteiger partial charge in [0, 0.05) is 16.7 Å². The second-order valence-electron chi connectivity index (χ2n) is 11.5. The fraction of sp³-hybridized carbons (Fsp3) is 0.400. The van der Waals surface area contributed by atoms with E-state index in [1.807, 2.05) is 0 Å². The standard InChI is InChI=1S/C30H39S.ClH/c1-28(2,3)22-16-10-13-19-25(22)31(26-20-14-11-17-23(26)29(4,5)6)27-21-15-12-18-24(27)30(7,8)9;/h10-21H,1-9H3;1H/q+1;/p-1. The Kier molecular flexibility index (Phi) is 8.01. The van der Waals surface area contributed by atoms with E-state index in [0.29, 0.717) is 0 Å². The van der Waals surface area contributed by atoms with Crippen molar-refractivity contribution in [2.45, 2.75) is 93.2 Å². The first-order chi connectivity index (χ1) is 14.3. The van der Waals surface area contributed by atoms with Crippen LogP contribution in [0.4, 0.5) is 0 Å². The molecule has 0 aromatic heterocycles. The Bertz CT molecular complexity index is 908. The summed E-state index contributed by atoms with van der Waals surface area (Å²) in [6, 6.07) is 27.3. The normalized spacial score (nSPS) is 12.6. The summed E-state index contributed by atoms with van der Waals surface area (Å²) in [5.74, 6) is 0. The van der Waals surface area contributed by atoms with Gasteiger partial charge in [0.1, 0.15) is 10.9 Å². The zero-order valence-corrected chi connectivity index (χ0v) is 22.8. The monoisotopic (exact) mass is 466 g/mol. The fourth-order valence-electron chi connectivity index (χ4n) is 4.15. The summed E-state index contributed by atoms with van der Waals surface area (Å²) < 4.78 is 0. The molecule has 0 nitrogen and oxygen atoms in total. The van der Waals surface area contributed by atoms with Crippen molar-refractivity contribution in [2.24, 2.45) is 0 Å². The van der Waals surface area contributed by atoms with Gasteiger partial charge in [-0.1, -0.05) is 117 Å². The van der Waals surface area contributed by atoms with E-state index in [1.165, 1.54) is 31.4 Å². The van der Waals surface area contributed by atoms with E-state index in [-0.39, 0.29) is 39.5 Å². The van der Waals surface area contributed by atoms with E-state index in [2.05, 4.69) is 135 Å². The molecule has 0 fully saturated rings. The van der Waals surface area contributed by atoms with E-state index in [1.54, 1.807) is 0 Å². The third-order valence-corrected chi connectivity index (χ3v) is 8.13. The molecule has 0 heterocycles. The van der Waals surface area contributed by atoms with Gasteiger partial charge in [0.05, 0.1) is 0 Å². The summed E-state index contributed by atoms with van der Waals surface area (Å²) in [6.45, 7) is 21.0. The van der Waals surface area contributed by atoms with Gasteiger partial charge in [-0.25, -0.2) is 0 Å². The average molecular weight is 467 g/mol. The molecule has 0 radical (unpaired) electrons. The molecule has 32 heavy (non-hydrogen) atoms. The van der Waals surface area contributed by atoms with Gasteiger partial charge in [0.2, 0.25) is 0 Å². The van der Waals surface area contributed by atoms with Crippen LogP contribution in [0.3, 0.4) is 0 Å². The maximum absolute atomic E-state index is 2.36. The van der Waals surface area contributed by atoms with Gasteiger partial charge in [-0.15, -0.1) is 0 Å². The van der Waals surface area contributed by atoms with Gasteiger partial charge >= 0.3 is 0 Å². The molecule has 0 bridgehead atoms. The van der Waals surface area contributed by atoms with Gasteiger partial charge < -0.3 is 12.4 Å². The van der Waals surface area contributed by atoms with E-state index < -0.39 is 0 Å². The molecule has 0 N–H and O–H groups in total. The molecule has 0 aliphatic heterocycles. The third-order valence-electron chi connectivity index (χ3n) is 5.74. The number of halogens is 1. The van der Waals surface area contributed by atoms with Gasteiger partial charge in [0.25, 0.3) is 0 Å². The first kappa shape index (κ1) is 26.6. The summed E-state index contributed by atoms with van der Waals surface area (Å²) in [7, 11) is -0.189. The zero-order chi connectivity index (χ0) is 23.0. The number of rotatable bonds is 3. The Morgan fingerprint density at radius 1 is 0.406 bits per heavy atom. The van der Waals surface area contributed by atoms with Gasteiger partial charge in [0.15, 0.2) is 14.7 Å². The summed E-state index contributed by atoms with van der Waals surface area (Å²) in [4.78, 5) is 4.34. The molecule has 0 saturated carbocycles. The Morgan fingerprint density at radius 3 is 0.844 bits per heavy atom. The topological polar surface area (TPSA) is 0 Å². The molecule has 3 aromatic carbocycles. The molecule has 0 unspecified atom stereocenters. The maximum Gasteiger partial charge on any atom is 0.170 e. The molecule has 0 saturated heterocycles. The van der Waals surface area contributed by atoms with E-state index in [9.17, 15) is 0 Å². The highest BCUT2D eigenvalue weighted by Crippen LogP contribution is 2.44. The minimum atomic E-state index is -0.189. The third kappa shape index (κ3) is 5.61. The van der Waals surface area contributed by atoms with Crippen molar-refractivity contribution in [3.8, 4) is 0 Å². The van der Waals surface area contributed by atoms with Gasteiger partial charge in [-0.3, -0.25) is 0 Å². The molecule has 172 valence electrons. The molecule has 3 rings (SSSR count). The highest BCUT2D eigenvalue weighted by molar-refractivity contribution is 7.97. The Labute approximate surface area is 205 Å². The predicted molar refractivity (Wildman–Crippen MR) is 138 cm³/mol. The van der Waals surface area contributed by atoms with Crippen LogP contribution in [0.2, 0.25) is 0 Å². The fourth-order valence-corrected chi connectivity index (χ4v) is 7.29. The Hall–Kier alpha value is -1.70. The number of hydrogen-bond acceptors (Lipinski definition) is 0. The zero-order valence-electron chi connectivity index (χ0n) is 21.2. The Morgan fingerprint density at radius 2 is 0.625 bits per heavy atom. The average Bonchev–Trinajstić information content (AvgIpc) is 2.67.